The summed E-state index contributed by atoms with van der Waals surface area (Å²) in [4.78, 5) is 28.5. The summed E-state index contributed by atoms with van der Waals surface area (Å²) in [5.74, 6) is -1.00. The van der Waals surface area contributed by atoms with E-state index >= 15 is 8.78 Å². The second kappa shape index (κ2) is 14.8. The second-order valence-electron chi connectivity index (χ2n) is 9.97. The van der Waals surface area contributed by atoms with Crippen molar-refractivity contribution in [3.63, 3.8) is 0 Å². The lowest BCUT2D eigenvalue weighted by molar-refractivity contribution is -0.133. The Bertz CT molecular complexity index is 1450. The Balaban J connectivity index is 1.35. The summed E-state index contributed by atoms with van der Waals surface area (Å²) in [6.07, 6.45) is 7.23. The van der Waals surface area contributed by atoms with Crippen LogP contribution >= 0.6 is 0 Å². The van der Waals surface area contributed by atoms with Crippen molar-refractivity contribution < 1.29 is 27.8 Å². The average Bonchev–Trinajstić information content (AvgIpc) is 3.52. The monoisotopic (exact) mass is 592 g/mol. The van der Waals surface area contributed by atoms with Gasteiger partial charge in [-0.2, -0.15) is 0 Å². The quantitative estimate of drug-likeness (QED) is 0.212. The van der Waals surface area contributed by atoms with Crippen molar-refractivity contribution in [2.75, 3.05) is 56.2 Å². The molecule has 10 nitrogen and oxygen atoms in total. The Hall–Kier alpha value is -5.00. The van der Waals surface area contributed by atoms with Gasteiger partial charge in [0.1, 0.15) is 24.3 Å². The fraction of sp³-hybridized carbons (Fsp3) is 0.290. The first kappa shape index (κ1) is 30.9. The van der Waals surface area contributed by atoms with Crippen molar-refractivity contribution in [1.82, 2.24) is 19.9 Å². The van der Waals surface area contributed by atoms with Crippen molar-refractivity contribution in [3.05, 3.63) is 97.4 Å². The molecule has 1 unspecified atom stereocenters. The van der Waals surface area contributed by atoms with E-state index in [1.54, 1.807) is 70.2 Å². The minimum Gasteiger partial charge on any atom is -0.461 e. The minimum atomic E-state index is -0.536. The van der Waals surface area contributed by atoms with E-state index in [0.717, 1.165) is 0 Å². The molecule has 3 aromatic rings. The van der Waals surface area contributed by atoms with Gasteiger partial charge in [0.2, 0.25) is 0 Å². The van der Waals surface area contributed by atoms with Crippen molar-refractivity contribution in [1.29, 1.82) is 0 Å². The van der Waals surface area contributed by atoms with E-state index in [-0.39, 0.29) is 18.7 Å². The van der Waals surface area contributed by atoms with E-state index in [9.17, 15) is 9.59 Å². The molecule has 1 fully saturated rings. The number of allylic oxidation sites excluding steroid dienone is 2. The van der Waals surface area contributed by atoms with Gasteiger partial charge in [0, 0.05) is 50.7 Å². The van der Waals surface area contributed by atoms with Gasteiger partial charge in [-0.25, -0.2) is 18.3 Å². The van der Waals surface area contributed by atoms with Crippen LogP contribution < -0.4 is 9.80 Å². The Kier molecular flexibility index (Phi) is 10.6. The lowest BCUT2D eigenvalue weighted by Gasteiger charge is -2.35. The number of piperazine rings is 1. The lowest BCUT2D eigenvalue weighted by atomic mass is 10.0. The maximum absolute atomic E-state index is 15.2. The third kappa shape index (κ3) is 8.28. The first-order valence-electron chi connectivity index (χ1n) is 13.7. The van der Waals surface area contributed by atoms with Gasteiger partial charge in [-0.15, -0.1) is 5.10 Å². The summed E-state index contributed by atoms with van der Waals surface area (Å²) in [6, 6.07) is 9.29. The maximum atomic E-state index is 15.2. The zero-order chi connectivity index (χ0) is 30.8. The van der Waals surface area contributed by atoms with Gasteiger partial charge in [0.15, 0.2) is 0 Å². The summed E-state index contributed by atoms with van der Waals surface area (Å²) in [6.45, 7) is 10.0. The smallest absolute Gasteiger partial charge is 0.410 e. The molecule has 1 atom stereocenters. The number of benzene rings is 2. The fourth-order valence-electron chi connectivity index (χ4n) is 4.71. The standard InChI is InChI=1S/C31H34F2N6O4/c1-4-5-6-23(2)21-42-31(41)38-15-13-37(14-16-38)30-10-7-24(17-29(30)33)27-9-8-25(18-28(27)32)36(3)19-26(43-22-40)20-39-12-11-34-35-39/h4-12,17-18,22,26H,1-2,13-16,19-21H2,3H3/b6-5-. The normalized spacial score (nSPS) is 13.9. The van der Waals surface area contributed by atoms with E-state index < -0.39 is 23.8 Å². The summed E-state index contributed by atoms with van der Waals surface area (Å²) in [5, 5.41) is 7.62. The van der Waals surface area contributed by atoms with E-state index in [1.807, 2.05) is 4.90 Å². The first-order chi connectivity index (χ1) is 20.8. The SMILES string of the molecule is C=C/C=C\C(=C)COC(=O)N1CCN(c2ccc(-c3ccc(N(C)CC(Cn4ccnn4)OC=O)cc3F)cc2F)CC1. The molecular weight excluding hydrogens is 558 g/mol. The van der Waals surface area contributed by atoms with Crippen LogP contribution in [0.1, 0.15) is 0 Å². The van der Waals surface area contributed by atoms with Gasteiger partial charge in [0.25, 0.3) is 6.47 Å². The predicted octanol–water partition coefficient (Wildman–Crippen LogP) is 4.46. The zero-order valence-electron chi connectivity index (χ0n) is 23.9. The highest BCUT2D eigenvalue weighted by atomic mass is 19.1. The van der Waals surface area contributed by atoms with Crippen LogP contribution in [0.4, 0.5) is 25.0 Å². The number of ether oxygens (including phenoxy) is 2. The first-order valence-corrected chi connectivity index (χ1v) is 13.7. The molecule has 1 aliphatic rings. The highest BCUT2D eigenvalue weighted by Crippen LogP contribution is 2.31. The summed E-state index contributed by atoms with van der Waals surface area (Å²) in [5.41, 5.74) is 2.23. The van der Waals surface area contributed by atoms with Crippen LogP contribution in [0.5, 0.6) is 0 Å². The molecule has 12 heteroatoms. The molecule has 2 aromatic carbocycles. The van der Waals surface area contributed by atoms with Crippen LogP contribution in [0.25, 0.3) is 11.1 Å². The molecule has 0 spiro atoms. The molecular formula is C31H34F2N6O4. The molecule has 2 heterocycles. The number of likely N-dealkylation sites (N-methyl/N-ethyl adjacent to an activating group) is 1. The number of hydrogen-bond acceptors (Lipinski definition) is 8. The number of aromatic nitrogens is 3. The number of rotatable bonds is 13. The Morgan fingerprint density at radius 3 is 2.58 bits per heavy atom. The molecule has 226 valence electrons. The predicted molar refractivity (Wildman–Crippen MR) is 160 cm³/mol. The molecule has 0 N–H and O–H groups in total. The Morgan fingerprint density at radius 2 is 1.93 bits per heavy atom. The number of halogens is 2. The van der Waals surface area contributed by atoms with Crippen LogP contribution in [0, 0.1) is 11.6 Å². The third-order valence-corrected chi connectivity index (χ3v) is 6.97. The van der Waals surface area contributed by atoms with Crippen molar-refractivity contribution in [2.24, 2.45) is 0 Å². The summed E-state index contributed by atoms with van der Waals surface area (Å²) < 4.78 is 42.5. The molecule has 1 amide bonds. The van der Waals surface area contributed by atoms with Crippen LogP contribution in [0.3, 0.4) is 0 Å². The molecule has 0 radical (unpaired) electrons. The summed E-state index contributed by atoms with van der Waals surface area (Å²) in [7, 11) is 1.75. The number of carbonyl (C=O) groups excluding carboxylic acids is 2. The molecule has 1 saturated heterocycles. The fourth-order valence-corrected chi connectivity index (χ4v) is 4.71. The van der Waals surface area contributed by atoms with E-state index in [0.29, 0.717) is 61.7 Å². The largest absolute Gasteiger partial charge is 0.461 e. The van der Waals surface area contributed by atoms with E-state index in [4.69, 9.17) is 9.47 Å². The molecule has 0 saturated carbocycles. The van der Waals surface area contributed by atoms with E-state index in [1.165, 1.54) is 18.3 Å². The van der Waals surface area contributed by atoms with E-state index in [2.05, 4.69) is 23.5 Å². The molecule has 1 aliphatic heterocycles. The van der Waals surface area contributed by atoms with Crippen molar-refractivity contribution >= 4 is 23.9 Å². The van der Waals surface area contributed by atoms with Gasteiger partial charge in [-0.05, 0) is 41.5 Å². The van der Waals surface area contributed by atoms with Gasteiger partial charge >= 0.3 is 6.09 Å². The number of anilines is 2. The number of amides is 1. The van der Waals surface area contributed by atoms with Crippen molar-refractivity contribution in [3.8, 4) is 11.1 Å². The Labute approximate surface area is 249 Å². The lowest BCUT2D eigenvalue weighted by Crippen LogP contribution is -2.49. The molecule has 0 bridgehead atoms. The van der Waals surface area contributed by atoms with Crippen LogP contribution in [0.2, 0.25) is 0 Å². The van der Waals surface area contributed by atoms with Crippen LogP contribution in [0.15, 0.2) is 85.8 Å². The van der Waals surface area contributed by atoms with Crippen LogP contribution in [-0.2, 0) is 20.8 Å². The second-order valence-corrected chi connectivity index (χ2v) is 9.97. The summed E-state index contributed by atoms with van der Waals surface area (Å²) >= 11 is 0. The molecule has 4 rings (SSSR count). The van der Waals surface area contributed by atoms with Gasteiger partial charge in [-0.1, -0.05) is 42.7 Å². The Morgan fingerprint density at radius 1 is 1.14 bits per heavy atom. The average molecular weight is 593 g/mol. The minimum absolute atomic E-state index is 0.0758. The number of carbonyl (C=O) groups is 2. The number of nitrogens with zero attached hydrogens (tertiary/aromatic N) is 6. The number of hydrogen-bond donors (Lipinski definition) is 0. The van der Waals surface area contributed by atoms with Gasteiger partial charge in [-0.3, -0.25) is 4.79 Å². The van der Waals surface area contributed by atoms with Crippen molar-refractivity contribution in [2.45, 2.75) is 12.6 Å². The molecule has 0 aliphatic carbocycles. The topological polar surface area (TPSA) is 93.0 Å². The third-order valence-electron chi connectivity index (χ3n) is 6.97. The maximum Gasteiger partial charge on any atom is 0.410 e. The highest BCUT2D eigenvalue weighted by Gasteiger charge is 2.24. The molecule has 43 heavy (non-hydrogen) atoms. The van der Waals surface area contributed by atoms with Gasteiger partial charge < -0.3 is 24.2 Å². The highest BCUT2D eigenvalue weighted by molar-refractivity contribution is 5.71. The van der Waals surface area contributed by atoms with Crippen LogP contribution in [-0.4, -0.2) is 84.9 Å². The van der Waals surface area contributed by atoms with Gasteiger partial charge in [0.05, 0.1) is 25.0 Å². The zero-order valence-corrected chi connectivity index (χ0v) is 23.9. The molecule has 1 aromatic heterocycles.